The predicted octanol–water partition coefficient (Wildman–Crippen LogP) is 5.96. The highest BCUT2D eigenvalue weighted by Gasteiger charge is 2.64. The Bertz CT molecular complexity index is 728. The lowest BCUT2D eigenvalue weighted by Crippen LogP contribution is -2.55. The van der Waals surface area contributed by atoms with Gasteiger partial charge in [0, 0.05) is 11.8 Å². The van der Waals surface area contributed by atoms with Crippen molar-refractivity contribution in [2.45, 2.75) is 83.5 Å². The van der Waals surface area contributed by atoms with Crippen LogP contribution in [0, 0.1) is 34.5 Å². The van der Waals surface area contributed by atoms with Crippen molar-refractivity contribution in [2.24, 2.45) is 23.2 Å². The van der Waals surface area contributed by atoms with Gasteiger partial charge in [0.15, 0.2) is 8.32 Å². The molecule has 0 bridgehead atoms. The summed E-state index contributed by atoms with van der Waals surface area (Å²) in [6.45, 7) is 9.08. The van der Waals surface area contributed by atoms with Gasteiger partial charge in [-0.05, 0) is 88.4 Å². The SMILES string of the molecule is COC1=CCC2=C(CC[C@@H]3[C@@H]2CC[C@@]2(C)[C@H]3CC[C@@]2(C#N)O[Si](C)(C)C)C1. The zero-order valence-electron chi connectivity index (χ0n) is 17.7. The van der Waals surface area contributed by atoms with Crippen LogP contribution in [0.15, 0.2) is 23.0 Å². The highest BCUT2D eigenvalue weighted by atomic mass is 28.4. The molecule has 2 fully saturated rings. The molecule has 0 radical (unpaired) electrons. The summed E-state index contributed by atoms with van der Waals surface area (Å²) in [5.41, 5.74) is 2.83. The molecule has 4 aliphatic carbocycles. The second-order valence-electron chi connectivity index (χ2n) is 10.4. The summed E-state index contributed by atoms with van der Waals surface area (Å²) >= 11 is 0. The molecule has 0 unspecified atom stereocenters. The van der Waals surface area contributed by atoms with Crippen LogP contribution in [0.5, 0.6) is 0 Å². The molecule has 0 heterocycles. The summed E-state index contributed by atoms with van der Waals surface area (Å²) < 4.78 is 12.2. The highest BCUT2D eigenvalue weighted by molar-refractivity contribution is 6.69. The average Bonchev–Trinajstić information content (AvgIpc) is 2.92. The molecule has 0 aliphatic heterocycles. The lowest BCUT2D eigenvalue weighted by atomic mass is 9.53. The van der Waals surface area contributed by atoms with Gasteiger partial charge in [-0.25, -0.2) is 0 Å². The van der Waals surface area contributed by atoms with Crippen molar-refractivity contribution in [1.82, 2.24) is 0 Å². The number of rotatable bonds is 3. The van der Waals surface area contributed by atoms with E-state index in [4.69, 9.17) is 9.16 Å². The minimum atomic E-state index is -1.78. The lowest BCUT2D eigenvalue weighted by Gasteiger charge is -2.54. The minimum absolute atomic E-state index is 0.0173. The lowest BCUT2D eigenvalue weighted by molar-refractivity contribution is -0.0615. The second kappa shape index (κ2) is 6.49. The number of nitriles is 1. The van der Waals surface area contributed by atoms with E-state index in [1.807, 2.05) is 0 Å². The smallest absolute Gasteiger partial charge is 0.185 e. The predicted molar refractivity (Wildman–Crippen MR) is 110 cm³/mol. The first kappa shape index (κ1) is 19.3. The Hall–Kier alpha value is -1.05. The molecule has 5 atom stereocenters. The zero-order chi connectivity index (χ0) is 19.4. The molecule has 0 amide bonds. The first-order chi connectivity index (χ1) is 12.7. The van der Waals surface area contributed by atoms with Crippen molar-refractivity contribution in [3.63, 3.8) is 0 Å². The molecular formula is C23H35NO2Si. The Morgan fingerprint density at radius 1 is 1.19 bits per heavy atom. The number of hydrogen-bond donors (Lipinski definition) is 0. The summed E-state index contributed by atoms with van der Waals surface area (Å²) in [5, 5.41) is 10.2. The van der Waals surface area contributed by atoms with Crippen molar-refractivity contribution >= 4 is 8.32 Å². The number of nitrogens with zero attached hydrogens (tertiary/aromatic N) is 1. The van der Waals surface area contributed by atoms with Gasteiger partial charge in [0.2, 0.25) is 0 Å². The van der Waals surface area contributed by atoms with E-state index in [1.165, 1.54) is 19.3 Å². The van der Waals surface area contributed by atoms with Crippen LogP contribution in [-0.4, -0.2) is 21.0 Å². The summed E-state index contributed by atoms with van der Waals surface area (Å²) in [6.07, 6.45) is 11.4. The fourth-order valence-corrected chi connectivity index (χ4v) is 8.37. The van der Waals surface area contributed by atoms with Gasteiger partial charge in [-0.1, -0.05) is 18.1 Å². The van der Waals surface area contributed by atoms with Crippen molar-refractivity contribution < 1.29 is 9.16 Å². The molecule has 0 spiro atoms. The monoisotopic (exact) mass is 385 g/mol. The summed E-state index contributed by atoms with van der Waals surface area (Å²) in [5.74, 6) is 3.25. The quantitative estimate of drug-likeness (QED) is 0.445. The van der Waals surface area contributed by atoms with Gasteiger partial charge in [0.1, 0.15) is 5.60 Å². The van der Waals surface area contributed by atoms with Crippen LogP contribution in [0.1, 0.15) is 58.3 Å². The molecule has 4 heteroatoms. The minimum Gasteiger partial charge on any atom is -0.501 e. The summed E-state index contributed by atoms with van der Waals surface area (Å²) in [7, 11) is 0.0233. The molecule has 27 heavy (non-hydrogen) atoms. The van der Waals surface area contributed by atoms with Crippen LogP contribution >= 0.6 is 0 Å². The maximum absolute atomic E-state index is 10.2. The second-order valence-corrected chi connectivity index (χ2v) is 14.9. The van der Waals surface area contributed by atoms with E-state index in [0.717, 1.165) is 49.7 Å². The highest BCUT2D eigenvalue weighted by Crippen LogP contribution is 2.65. The summed E-state index contributed by atoms with van der Waals surface area (Å²) in [4.78, 5) is 0. The van der Waals surface area contributed by atoms with Crippen LogP contribution in [0.4, 0.5) is 0 Å². The van der Waals surface area contributed by atoms with E-state index in [1.54, 1.807) is 18.3 Å². The molecule has 4 aliphatic rings. The molecule has 4 rings (SSSR count). The van der Waals surface area contributed by atoms with E-state index in [-0.39, 0.29) is 5.41 Å². The molecule has 0 aromatic heterocycles. The van der Waals surface area contributed by atoms with Crippen molar-refractivity contribution in [3.8, 4) is 6.07 Å². The van der Waals surface area contributed by atoms with Crippen LogP contribution in [-0.2, 0) is 9.16 Å². The van der Waals surface area contributed by atoms with Crippen LogP contribution in [0.2, 0.25) is 19.6 Å². The Labute approximate surface area is 165 Å². The maximum atomic E-state index is 10.2. The Kier molecular flexibility index (Phi) is 4.63. The van der Waals surface area contributed by atoms with Crippen molar-refractivity contribution in [1.29, 1.82) is 5.26 Å². The Morgan fingerprint density at radius 3 is 2.63 bits per heavy atom. The van der Waals surface area contributed by atoms with Crippen molar-refractivity contribution in [3.05, 3.63) is 23.0 Å². The van der Waals surface area contributed by atoms with E-state index >= 15 is 0 Å². The fraction of sp³-hybridized carbons (Fsp3) is 0.783. The van der Waals surface area contributed by atoms with Gasteiger partial charge >= 0.3 is 0 Å². The largest absolute Gasteiger partial charge is 0.501 e. The van der Waals surface area contributed by atoms with E-state index in [9.17, 15) is 5.26 Å². The molecule has 0 N–H and O–H groups in total. The zero-order valence-corrected chi connectivity index (χ0v) is 18.7. The number of methoxy groups -OCH3 is 1. The standard InChI is InChI=1S/C23H35NO2Si/c1-22-12-10-19-18-9-7-17(25-2)14-16(18)6-8-20(19)21(22)11-13-23(22,15-24)26-27(3,4)5/h7,19-21H,6,8-14H2,1-5H3/t19-,20-,21+,22+,23+/m1/s1. The van der Waals surface area contributed by atoms with Gasteiger partial charge in [0.05, 0.1) is 18.9 Å². The third-order valence-corrected chi connectivity index (χ3v) is 9.06. The molecule has 0 aromatic carbocycles. The normalized spacial score (nSPS) is 41.2. The molecule has 0 saturated heterocycles. The number of fused-ring (bicyclic) bond motifs is 4. The van der Waals surface area contributed by atoms with E-state index in [0.29, 0.717) is 5.92 Å². The molecule has 3 nitrogen and oxygen atoms in total. The van der Waals surface area contributed by atoms with Crippen molar-refractivity contribution in [2.75, 3.05) is 7.11 Å². The molecular weight excluding hydrogens is 350 g/mol. The van der Waals surface area contributed by atoms with Gasteiger partial charge < -0.3 is 9.16 Å². The number of ether oxygens (including phenoxy) is 1. The van der Waals surface area contributed by atoms with Crippen LogP contribution in [0.3, 0.4) is 0 Å². The fourth-order valence-electron chi connectivity index (χ4n) is 6.94. The number of hydrogen-bond acceptors (Lipinski definition) is 3. The third kappa shape index (κ3) is 2.93. The van der Waals surface area contributed by atoms with Crippen LogP contribution in [0.25, 0.3) is 0 Å². The number of allylic oxidation sites excluding steroid dienone is 3. The third-order valence-electron chi connectivity index (χ3n) is 8.10. The van der Waals surface area contributed by atoms with E-state index < -0.39 is 13.9 Å². The molecule has 148 valence electrons. The van der Waals surface area contributed by atoms with E-state index in [2.05, 4.69) is 38.7 Å². The Balaban J connectivity index is 1.62. The first-order valence-corrected chi connectivity index (χ1v) is 14.2. The van der Waals surface area contributed by atoms with Crippen LogP contribution < -0.4 is 0 Å². The van der Waals surface area contributed by atoms with Gasteiger partial charge in [-0.3, -0.25) is 0 Å². The topological polar surface area (TPSA) is 42.2 Å². The first-order valence-electron chi connectivity index (χ1n) is 10.8. The summed E-state index contributed by atoms with van der Waals surface area (Å²) in [6, 6.07) is 2.71. The Morgan fingerprint density at radius 2 is 1.96 bits per heavy atom. The molecule has 2 saturated carbocycles. The molecule has 0 aromatic rings. The van der Waals surface area contributed by atoms with Gasteiger partial charge in [-0.15, -0.1) is 0 Å². The van der Waals surface area contributed by atoms with Gasteiger partial charge in [0.25, 0.3) is 0 Å². The van der Waals surface area contributed by atoms with Gasteiger partial charge in [-0.2, -0.15) is 5.26 Å². The maximum Gasteiger partial charge on any atom is 0.185 e. The average molecular weight is 386 g/mol.